The number of rotatable bonds is 7. The Labute approximate surface area is 171 Å². The molecule has 0 saturated heterocycles. The van der Waals surface area contributed by atoms with Crippen LogP contribution in [0, 0.1) is 13.8 Å². The summed E-state index contributed by atoms with van der Waals surface area (Å²) >= 11 is 1.68. The number of carbonyl (C=O) groups is 1. The fourth-order valence-electron chi connectivity index (χ4n) is 2.76. The summed E-state index contributed by atoms with van der Waals surface area (Å²) in [5.41, 5.74) is 1.08. The Morgan fingerprint density at radius 3 is 2.60 bits per heavy atom. The van der Waals surface area contributed by atoms with Crippen LogP contribution < -0.4 is 16.0 Å². The van der Waals surface area contributed by atoms with Gasteiger partial charge in [0.2, 0.25) is 5.91 Å². The van der Waals surface area contributed by atoms with Gasteiger partial charge in [0.15, 0.2) is 5.96 Å². The van der Waals surface area contributed by atoms with Crippen LogP contribution in [0.2, 0.25) is 0 Å². The molecule has 1 aliphatic rings. The van der Waals surface area contributed by atoms with E-state index in [0.29, 0.717) is 25.6 Å². The van der Waals surface area contributed by atoms with Gasteiger partial charge in [0, 0.05) is 30.4 Å². The zero-order valence-corrected chi connectivity index (χ0v) is 18.5. The number of nitrogens with one attached hydrogen (secondary N) is 3. The third-order valence-electron chi connectivity index (χ3n) is 4.15. The lowest BCUT2D eigenvalue weighted by atomic mass is 10.2. The van der Waals surface area contributed by atoms with E-state index < -0.39 is 0 Å². The molecule has 0 spiro atoms. The van der Waals surface area contributed by atoms with E-state index in [1.165, 1.54) is 17.7 Å². The van der Waals surface area contributed by atoms with E-state index in [0.717, 1.165) is 36.0 Å². The highest BCUT2D eigenvalue weighted by Crippen LogP contribution is 2.18. The summed E-state index contributed by atoms with van der Waals surface area (Å²) < 4.78 is 0. The maximum absolute atomic E-state index is 11.9. The van der Waals surface area contributed by atoms with Crippen molar-refractivity contribution in [3.05, 3.63) is 15.6 Å². The van der Waals surface area contributed by atoms with Gasteiger partial charge in [-0.15, -0.1) is 35.3 Å². The molecule has 1 heterocycles. The molecule has 1 aromatic rings. The molecule has 1 fully saturated rings. The van der Waals surface area contributed by atoms with Crippen molar-refractivity contribution in [2.75, 3.05) is 13.1 Å². The highest BCUT2D eigenvalue weighted by atomic mass is 127. The maximum atomic E-state index is 11.9. The molecule has 1 amide bonds. The smallest absolute Gasteiger partial charge is 0.221 e. The van der Waals surface area contributed by atoms with Crippen LogP contribution in [0.3, 0.4) is 0 Å². The van der Waals surface area contributed by atoms with Crippen LogP contribution in [0.25, 0.3) is 0 Å². The SMILES string of the molecule is CCNC(=NCc1nc(C)c(C)s1)NCCC(=O)NC1CCCC1.I. The monoisotopic (exact) mass is 479 g/mol. The number of nitrogens with zero attached hydrogens (tertiary/aromatic N) is 2. The van der Waals surface area contributed by atoms with Gasteiger partial charge in [-0.3, -0.25) is 4.79 Å². The first kappa shape index (κ1) is 22.1. The Balaban J connectivity index is 0.00000312. The van der Waals surface area contributed by atoms with E-state index >= 15 is 0 Å². The van der Waals surface area contributed by atoms with Crippen molar-refractivity contribution < 1.29 is 4.79 Å². The van der Waals surface area contributed by atoms with Crippen LogP contribution >= 0.6 is 35.3 Å². The average Bonchev–Trinajstić information content (AvgIpc) is 3.15. The fourth-order valence-corrected chi connectivity index (χ4v) is 3.62. The van der Waals surface area contributed by atoms with Crippen molar-refractivity contribution in [1.82, 2.24) is 20.9 Å². The lowest BCUT2D eigenvalue weighted by Crippen LogP contribution is -2.40. The van der Waals surface area contributed by atoms with Gasteiger partial charge in [-0.2, -0.15) is 0 Å². The van der Waals surface area contributed by atoms with Crippen molar-refractivity contribution in [2.24, 2.45) is 4.99 Å². The number of guanidine groups is 1. The van der Waals surface area contributed by atoms with Crippen LogP contribution in [-0.2, 0) is 11.3 Å². The van der Waals surface area contributed by atoms with Gasteiger partial charge in [0.05, 0.1) is 12.2 Å². The predicted octanol–water partition coefficient (Wildman–Crippen LogP) is 2.88. The second kappa shape index (κ2) is 11.7. The number of hydrogen-bond acceptors (Lipinski definition) is 4. The Morgan fingerprint density at radius 1 is 1.28 bits per heavy atom. The number of aryl methyl sites for hydroxylation is 2. The van der Waals surface area contributed by atoms with Gasteiger partial charge in [-0.25, -0.2) is 9.98 Å². The van der Waals surface area contributed by atoms with Gasteiger partial charge < -0.3 is 16.0 Å². The van der Waals surface area contributed by atoms with Gasteiger partial charge >= 0.3 is 0 Å². The van der Waals surface area contributed by atoms with Gasteiger partial charge in [0.1, 0.15) is 5.01 Å². The molecule has 25 heavy (non-hydrogen) atoms. The molecule has 142 valence electrons. The highest BCUT2D eigenvalue weighted by Gasteiger charge is 2.16. The Kier molecular flexibility index (Phi) is 10.3. The van der Waals surface area contributed by atoms with Gasteiger partial charge in [0.25, 0.3) is 0 Å². The molecule has 0 atom stereocenters. The number of aromatic nitrogens is 1. The average molecular weight is 479 g/mol. The van der Waals surface area contributed by atoms with Crippen LogP contribution in [0.5, 0.6) is 0 Å². The summed E-state index contributed by atoms with van der Waals surface area (Å²) in [6, 6.07) is 0.385. The first-order chi connectivity index (χ1) is 11.6. The minimum atomic E-state index is 0. The van der Waals surface area contributed by atoms with E-state index in [1.54, 1.807) is 11.3 Å². The molecule has 0 radical (unpaired) electrons. The Bertz CT molecular complexity index is 550. The van der Waals surface area contributed by atoms with Crippen LogP contribution in [0.1, 0.15) is 54.6 Å². The van der Waals surface area contributed by atoms with Gasteiger partial charge in [-0.05, 0) is 33.6 Å². The highest BCUT2D eigenvalue weighted by molar-refractivity contribution is 14.0. The van der Waals surface area contributed by atoms with Crippen LogP contribution in [0.15, 0.2) is 4.99 Å². The summed E-state index contributed by atoms with van der Waals surface area (Å²) in [6.07, 6.45) is 5.18. The quantitative estimate of drug-likeness (QED) is 0.319. The number of aliphatic imine (C=N–C) groups is 1. The molecular formula is C17H30IN5OS. The van der Waals surface area contributed by atoms with Crippen molar-refractivity contribution in [2.45, 2.75) is 65.5 Å². The third kappa shape index (κ3) is 7.89. The third-order valence-corrected chi connectivity index (χ3v) is 5.21. The normalized spacial score (nSPS) is 14.9. The van der Waals surface area contributed by atoms with E-state index in [4.69, 9.17) is 0 Å². The van der Waals surface area contributed by atoms with Crippen LogP contribution in [-0.4, -0.2) is 36.0 Å². The minimum absolute atomic E-state index is 0. The van der Waals surface area contributed by atoms with Crippen LogP contribution in [0.4, 0.5) is 0 Å². The summed E-state index contributed by atoms with van der Waals surface area (Å²) in [5, 5.41) is 10.5. The topological polar surface area (TPSA) is 78.4 Å². The summed E-state index contributed by atoms with van der Waals surface area (Å²) in [5.74, 6) is 0.855. The lowest BCUT2D eigenvalue weighted by Gasteiger charge is -2.13. The van der Waals surface area contributed by atoms with E-state index in [1.807, 2.05) is 13.8 Å². The number of amides is 1. The predicted molar refractivity (Wildman–Crippen MR) is 115 cm³/mol. The molecular weight excluding hydrogens is 449 g/mol. The molecule has 0 aromatic carbocycles. The molecule has 0 unspecified atom stereocenters. The molecule has 1 aliphatic carbocycles. The zero-order chi connectivity index (χ0) is 17.4. The molecule has 8 heteroatoms. The molecule has 2 rings (SSSR count). The van der Waals surface area contributed by atoms with Crippen molar-refractivity contribution in [3.8, 4) is 0 Å². The van der Waals surface area contributed by atoms with Crippen molar-refractivity contribution >= 4 is 47.2 Å². The molecule has 0 aliphatic heterocycles. The largest absolute Gasteiger partial charge is 0.357 e. The summed E-state index contributed by atoms with van der Waals surface area (Å²) in [6.45, 7) is 8.05. The Morgan fingerprint density at radius 2 is 2.00 bits per heavy atom. The fraction of sp³-hybridized carbons (Fsp3) is 0.706. The number of thiazole rings is 1. The standard InChI is InChI=1S/C17H29N5OS.HI/c1-4-18-17(20-11-16-21-12(2)13(3)24-16)19-10-9-15(23)22-14-7-5-6-8-14;/h14H,4-11H2,1-3H3,(H,22,23)(H2,18,19,20);1H. The molecule has 1 aromatic heterocycles. The summed E-state index contributed by atoms with van der Waals surface area (Å²) in [4.78, 5) is 22.2. The van der Waals surface area contributed by atoms with Crippen molar-refractivity contribution in [1.29, 1.82) is 0 Å². The van der Waals surface area contributed by atoms with Gasteiger partial charge in [-0.1, -0.05) is 12.8 Å². The lowest BCUT2D eigenvalue weighted by molar-refractivity contribution is -0.121. The zero-order valence-electron chi connectivity index (χ0n) is 15.4. The van der Waals surface area contributed by atoms with E-state index in [-0.39, 0.29) is 29.9 Å². The number of carbonyl (C=O) groups excluding carboxylic acids is 1. The summed E-state index contributed by atoms with van der Waals surface area (Å²) in [7, 11) is 0. The molecule has 1 saturated carbocycles. The first-order valence-electron chi connectivity index (χ1n) is 8.83. The molecule has 0 bridgehead atoms. The second-order valence-electron chi connectivity index (χ2n) is 6.17. The molecule has 6 nitrogen and oxygen atoms in total. The number of hydrogen-bond donors (Lipinski definition) is 3. The number of halogens is 1. The van der Waals surface area contributed by atoms with Crippen molar-refractivity contribution in [3.63, 3.8) is 0 Å². The minimum Gasteiger partial charge on any atom is -0.357 e. The second-order valence-corrected chi connectivity index (χ2v) is 7.46. The molecule has 3 N–H and O–H groups in total. The first-order valence-corrected chi connectivity index (χ1v) is 9.64. The van der Waals surface area contributed by atoms with E-state index in [9.17, 15) is 4.79 Å². The maximum Gasteiger partial charge on any atom is 0.221 e. The van der Waals surface area contributed by atoms with E-state index in [2.05, 4.69) is 32.9 Å². The Hall–Kier alpha value is -0.900.